The van der Waals surface area contributed by atoms with Crippen molar-refractivity contribution in [2.45, 2.75) is 33.3 Å². The Labute approximate surface area is 123 Å². The fraction of sp³-hybridized carbons (Fsp3) is 0.375. The molecule has 0 aliphatic rings. The molecule has 0 saturated carbocycles. The average molecular weight is 289 g/mol. The van der Waals surface area contributed by atoms with Gasteiger partial charge in [0.2, 0.25) is 0 Å². The van der Waals surface area contributed by atoms with Crippen LogP contribution in [0.2, 0.25) is 0 Å². The molecular formula is C16H19NO4. The van der Waals surface area contributed by atoms with E-state index in [1.807, 2.05) is 27.7 Å². The van der Waals surface area contributed by atoms with E-state index in [9.17, 15) is 9.90 Å². The summed E-state index contributed by atoms with van der Waals surface area (Å²) in [6, 6.07) is 4.83. The largest absolute Gasteiger partial charge is 0.507 e. The van der Waals surface area contributed by atoms with Gasteiger partial charge in [-0.15, -0.1) is 0 Å². The second kappa shape index (κ2) is 5.24. The lowest BCUT2D eigenvalue weighted by Crippen LogP contribution is -2.23. The minimum atomic E-state index is -0.589. The van der Waals surface area contributed by atoms with Crippen molar-refractivity contribution in [3.8, 4) is 11.5 Å². The molecule has 5 nitrogen and oxygen atoms in total. The van der Waals surface area contributed by atoms with Gasteiger partial charge in [0, 0.05) is 17.0 Å². The minimum absolute atomic E-state index is 0.00851. The third-order valence-electron chi connectivity index (χ3n) is 2.97. The normalized spacial score (nSPS) is 11.5. The number of pyridine rings is 1. The van der Waals surface area contributed by atoms with Gasteiger partial charge < -0.3 is 14.6 Å². The summed E-state index contributed by atoms with van der Waals surface area (Å²) in [6.45, 7) is 7.70. The molecule has 0 fully saturated rings. The van der Waals surface area contributed by atoms with E-state index < -0.39 is 5.97 Å². The van der Waals surface area contributed by atoms with Crippen LogP contribution in [0.4, 0.5) is 0 Å². The summed E-state index contributed by atoms with van der Waals surface area (Å²) in [6.07, 6.45) is 0. The number of fused-ring (bicyclic) bond motifs is 1. The number of methoxy groups -OCH3 is 1. The molecule has 0 unspecified atom stereocenters. The molecule has 1 N–H and O–H groups in total. The monoisotopic (exact) mass is 289 g/mol. The number of aryl methyl sites for hydroxylation is 1. The highest BCUT2D eigenvalue weighted by atomic mass is 16.5. The average Bonchev–Trinajstić information content (AvgIpc) is 2.40. The first-order valence-corrected chi connectivity index (χ1v) is 6.63. The standard InChI is InChI=1S/C16H19NO4/c1-9-13(21-16(2,3)4)7-6-10-12(18)8-11(15(19)20-5)17-14(9)10/h6-8H,1-5H3,(H,17,18). The van der Waals surface area contributed by atoms with E-state index >= 15 is 0 Å². The van der Waals surface area contributed by atoms with E-state index in [-0.39, 0.29) is 17.0 Å². The van der Waals surface area contributed by atoms with Gasteiger partial charge >= 0.3 is 5.97 Å². The molecule has 0 radical (unpaired) electrons. The number of aromatic hydroxyl groups is 1. The molecule has 0 aliphatic carbocycles. The highest BCUT2D eigenvalue weighted by Crippen LogP contribution is 2.33. The van der Waals surface area contributed by atoms with Crippen molar-refractivity contribution >= 4 is 16.9 Å². The number of aromatic nitrogens is 1. The number of nitrogens with zero attached hydrogens (tertiary/aromatic N) is 1. The molecule has 2 aromatic rings. The van der Waals surface area contributed by atoms with Gasteiger partial charge in [-0.05, 0) is 39.8 Å². The summed E-state index contributed by atoms with van der Waals surface area (Å²) < 4.78 is 10.5. The predicted molar refractivity (Wildman–Crippen MR) is 79.9 cm³/mol. The number of ether oxygens (including phenoxy) is 2. The third-order valence-corrected chi connectivity index (χ3v) is 2.97. The molecule has 0 bridgehead atoms. The van der Waals surface area contributed by atoms with E-state index in [1.54, 1.807) is 12.1 Å². The number of benzene rings is 1. The SMILES string of the molecule is COC(=O)c1cc(O)c2ccc(OC(C)(C)C)c(C)c2n1. The van der Waals surface area contributed by atoms with Crippen molar-refractivity contribution in [1.29, 1.82) is 0 Å². The Hall–Kier alpha value is -2.30. The van der Waals surface area contributed by atoms with Gasteiger partial charge in [0.25, 0.3) is 0 Å². The lowest BCUT2D eigenvalue weighted by atomic mass is 10.1. The molecule has 1 aromatic heterocycles. The van der Waals surface area contributed by atoms with Crippen LogP contribution in [0.1, 0.15) is 36.8 Å². The molecule has 21 heavy (non-hydrogen) atoms. The van der Waals surface area contributed by atoms with Gasteiger partial charge in [0.05, 0.1) is 12.6 Å². The van der Waals surface area contributed by atoms with Crippen molar-refractivity contribution in [2.75, 3.05) is 7.11 Å². The van der Waals surface area contributed by atoms with Gasteiger partial charge in [-0.25, -0.2) is 9.78 Å². The van der Waals surface area contributed by atoms with Gasteiger partial charge in [0.1, 0.15) is 17.1 Å². The highest BCUT2D eigenvalue weighted by Gasteiger charge is 2.18. The van der Waals surface area contributed by atoms with Crippen molar-refractivity contribution in [1.82, 2.24) is 4.98 Å². The molecule has 5 heteroatoms. The number of esters is 1. The number of rotatable bonds is 2. The summed E-state index contributed by atoms with van der Waals surface area (Å²) in [7, 11) is 1.28. The lowest BCUT2D eigenvalue weighted by molar-refractivity contribution is 0.0594. The third kappa shape index (κ3) is 3.07. The lowest BCUT2D eigenvalue weighted by Gasteiger charge is -2.23. The van der Waals surface area contributed by atoms with Crippen LogP contribution in [0.5, 0.6) is 11.5 Å². The topological polar surface area (TPSA) is 68.7 Å². The van der Waals surface area contributed by atoms with E-state index in [0.717, 1.165) is 5.56 Å². The molecule has 1 heterocycles. The van der Waals surface area contributed by atoms with Crippen LogP contribution >= 0.6 is 0 Å². The number of carbonyl (C=O) groups excluding carboxylic acids is 1. The maximum Gasteiger partial charge on any atom is 0.356 e. The maximum absolute atomic E-state index is 11.6. The number of hydrogen-bond acceptors (Lipinski definition) is 5. The maximum atomic E-state index is 11.6. The zero-order valence-corrected chi connectivity index (χ0v) is 12.9. The molecule has 0 amide bonds. The van der Waals surface area contributed by atoms with E-state index in [4.69, 9.17) is 4.74 Å². The van der Waals surface area contributed by atoms with Gasteiger partial charge in [-0.2, -0.15) is 0 Å². The zero-order valence-electron chi connectivity index (χ0n) is 12.9. The van der Waals surface area contributed by atoms with E-state index in [1.165, 1.54) is 13.2 Å². The van der Waals surface area contributed by atoms with Crippen molar-refractivity contribution in [3.05, 3.63) is 29.5 Å². The molecule has 1 aromatic carbocycles. The molecular weight excluding hydrogens is 270 g/mol. The summed E-state index contributed by atoms with van der Waals surface area (Å²) in [5.41, 5.74) is 1.01. The Bertz CT molecular complexity index is 701. The fourth-order valence-corrected chi connectivity index (χ4v) is 2.04. The Morgan fingerprint density at radius 2 is 1.95 bits per heavy atom. The molecule has 0 atom stereocenters. The van der Waals surface area contributed by atoms with Gasteiger partial charge in [-0.3, -0.25) is 0 Å². The summed E-state index contributed by atoms with van der Waals surface area (Å²) in [5.74, 6) is 0.0727. The molecule has 0 saturated heterocycles. The van der Waals surface area contributed by atoms with Crippen molar-refractivity contribution in [2.24, 2.45) is 0 Å². The van der Waals surface area contributed by atoms with E-state index in [0.29, 0.717) is 16.7 Å². The predicted octanol–water partition coefficient (Wildman–Crippen LogP) is 3.21. The van der Waals surface area contributed by atoms with Crippen molar-refractivity contribution in [3.63, 3.8) is 0 Å². The minimum Gasteiger partial charge on any atom is -0.507 e. The summed E-state index contributed by atoms with van der Waals surface area (Å²) >= 11 is 0. The Balaban J connectivity index is 2.64. The van der Waals surface area contributed by atoms with Crippen LogP contribution in [0.25, 0.3) is 10.9 Å². The van der Waals surface area contributed by atoms with Crippen LogP contribution in [0.15, 0.2) is 18.2 Å². The van der Waals surface area contributed by atoms with Crippen LogP contribution in [0.3, 0.4) is 0 Å². The molecule has 0 aliphatic heterocycles. The van der Waals surface area contributed by atoms with E-state index in [2.05, 4.69) is 9.72 Å². The summed E-state index contributed by atoms with van der Waals surface area (Å²) in [4.78, 5) is 15.9. The molecule has 2 rings (SSSR count). The first kappa shape index (κ1) is 15.1. The molecule has 112 valence electrons. The Kier molecular flexibility index (Phi) is 3.77. The smallest absolute Gasteiger partial charge is 0.356 e. The molecule has 0 spiro atoms. The van der Waals surface area contributed by atoms with Crippen LogP contribution < -0.4 is 4.74 Å². The highest BCUT2D eigenvalue weighted by molar-refractivity contribution is 5.95. The summed E-state index contributed by atoms with van der Waals surface area (Å²) in [5, 5.41) is 10.6. The van der Waals surface area contributed by atoms with Crippen molar-refractivity contribution < 1.29 is 19.4 Å². The van der Waals surface area contributed by atoms with Gasteiger partial charge in [0.15, 0.2) is 5.69 Å². The van der Waals surface area contributed by atoms with Gasteiger partial charge in [-0.1, -0.05) is 0 Å². The van der Waals surface area contributed by atoms with Crippen LogP contribution in [0, 0.1) is 6.92 Å². The first-order chi connectivity index (χ1) is 9.73. The Morgan fingerprint density at radius 1 is 1.29 bits per heavy atom. The first-order valence-electron chi connectivity index (χ1n) is 6.63. The number of carbonyl (C=O) groups is 1. The number of hydrogen-bond donors (Lipinski definition) is 1. The zero-order chi connectivity index (χ0) is 15.8. The van der Waals surface area contributed by atoms with Crippen LogP contribution in [-0.2, 0) is 4.74 Å². The second-order valence-electron chi connectivity index (χ2n) is 5.82. The fourth-order valence-electron chi connectivity index (χ4n) is 2.04. The second-order valence-corrected chi connectivity index (χ2v) is 5.82. The quantitative estimate of drug-likeness (QED) is 0.860. The van der Waals surface area contributed by atoms with Crippen LogP contribution in [-0.4, -0.2) is 28.8 Å². The Morgan fingerprint density at radius 3 is 2.52 bits per heavy atom.